The number of aromatic amines is 1. The van der Waals surface area contributed by atoms with E-state index in [1.807, 2.05) is 0 Å². The van der Waals surface area contributed by atoms with Gasteiger partial charge in [0.15, 0.2) is 5.58 Å². The summed E-state index contributed by atoms with van der Waals surface area (Å²) >= 11 is 0. The van der Waals surface area contributed by atoms with Crippen LogP contribution < -0.4 is 11.5 Å². The number of carboxylic acids is 1. The predicted octanol–water partition coefficient (Wildman–Crippen LogP) is 0.596. The number of aromatic nitrogens is 1. The molecule has 1 unspecified atom stereocenters. The molecule has 0 aliphatic heterocycles. The molecule has 0 amide bonds. The van der Waals surface area contributed by atoms with Gasteiger partial charge in [-0.1, -0.05) is 6.07 Å². The number of nitrogens with one attached hydrogen (secondary N) is 1. The van der Waals surface area contributed by atoms with Crippen LogP contribution in [-0.4, -0.2) is 16.1 Å². The molecule has 4 N–H and O–H groups in total. The molecule has 16 heavy (non-hydrogen) atoms. The lowest BCUT2D eigenvalue weighted by Crippen LogP contribution is -2.14. The molecule has 84 valence electrons. The van der Waals surface area contributed by atoms with Gasteiger partial charge in [0.25, 0.3) is 0 Å². The number of hydrogen-bond acceptors (Lipinski definition) is 4. The fourth-order valence-electron chi connectivity index (χ4n) is 1.50. The van der Waals surface area contributed by atoms with Gasteiger partial charge < -0.3 is 15.3 Å². The van der Waals surface area contributed by atoms with Gasteiger partial charge in [0.1, 0.15) is 0 Å². The van der Waals surface area contributed by atoms with E-state index in [4.69, 9.17) is 15.3 Å². The first-order valence-corrected chi connectivity index (χ1v) is 4.66. The number of aliphatic carboxylic acids is 1. The van der Waals surface area contributed by atoms with E-state index in [2.05, 4.69) is 4.98 Å². The topological polar surface area (TPSA) is 109 Å². The molecule has 0 radical (unpaired) electrons. The Bertz CT molecular complexity index is 584. The highest BCUT2D eigenvalue weighted by Crippen LogP contribution is 2.19. The Morgan fingerprint density at radius 2 is 2.31 bits per heavy atom. The summed E-state index contributed by atoms with van der Waals surface area (Å²) in [6.45, 7) is 0. The molecule has 1 aromatic carbocycles. The van der Waals surface area contributed by atoms with Crippen molar-refractivity contribution >= 4 is 17.1 Å². The fraction of sp³-hybridized carbons (Fsp3) is 0.200. The third-order valence-electron chi connectivity index (χ3n) is 2.27. The highest BCUT2D eigenvalue weighted by molar-refractivity contribution is 5.73. The zero-order valence-corrected chi connectivity index (χ0v) is 8.27. The molecular weight excluding hydrogens is 212 g/mol. The number of nitrogens with two attached hydrogens (primary N) is 1. The number of carboxylic acid groups (broad SMARTS) is 1. The number of oxazole rings is 1. The second-order valence-corrected chi connectivity index (χ2v) is 3.47. The van der Waals surface area contributed by atoms with Crippen LogP contribution in [0.4, 0.5) is 0 Å². The molecule has 0 bridgehead atoms. The highest BCUT2D eigenvalue weighted by atomic mass is 16.4. The molecule has 0 fully saturated rings. The van der Waals surface area contributed by atoms with Crippen LogP contribution >= 0.6 is 0 Å². The van der Waals surface area contributed by atoms with Gasteiger partial charge in [-0.15, -0.1) is 0 Å². The molecule has 1 atom stereocenters. The van der Waals surface area contributed by atoms with Crippen molar-refractivity contribution in [2.24, 2.45) is 5.73 Å². The third-order valence-corrected chi connectivity index (χ3v) is 2.27. The maximum absolute atomic E-state index is 10.9. The van der Waals surface area contributed by atoms with Gasteiger partial charge in [0.2, 0.25) is 0 Å². The van der Waals surface area contributed by atoms with E-state index in [1.165, 1.54) is 0 Å². The summed E-state index contributed by atoms with van der Waals surface area (Å²) in [6.07, 6.45) is -0.167. The van der Waals surface area contributed by atoms with Crippen LogP contribution in [0.5, 0.6) is 0 Å². The monoisotopic (exact) mass is 222 g/mol. The lowest BCUT2D eigenvalue weighted by molar-refractivity contribution is -0.137. The number of carbonyl (C=O) groups is 1. The second-order valence-electron chi connectivity index (χ2n) is 3.47. The quantitative estimate of drug-likeness (QED) is 0.704. The van der Waals surface area contributed by atoms with Crippen molar-refractivity contribution in [3.63, 3.8) is 0 Å². The van der Waals surface area contributed by atoms with Crippen molar-refractivity contribution in [1.82, 2.24) is 4.98 Å². The van der Waals surface area contributed by atoms with Crippen molar-refractivity contribution in [1.29, 1.82) is 0 Å². The minimum Gasteiger partial charge on any atom is -0.481 e. The summed E-state index contributed by atoms with van der Waals surface area (Å²) in [5.41, 5.74) is 7.25. The Kier molecular flexibility index (Phi) is 2.49. The van der Waals surface area contributed by atoms with E-state index >= 15 is 0 Å². The molecule has 1 heterocycles. The summed E-state index contributed by atoms with van der Waals surface area (Å²) in [5.74, 6) is -1.51. The minimum atomic E-state index is -0.969. The number of fused-ring (bicyclic) bond motifs is 1. The van der Waals surface area contributed by atoms with Gasteiger partial charge in [-0.25, -0.2) is 4.79 Å². The van der Waals surface area contributed by atoms with E-state index in [-0.39, 0.29) is 6.42 Å². The Morgan fingerprint density at radius 1 is 1.56 bits per heavy atom. The van der Waals surface area contributed by atoms with E-state index in [9.17, 15) is 9.59 Å². The predicted molar refractivity (Wildman–Crippen MR) is 56.0 cm³/mol. The molecular formula is C10H10N2O4. The van der Waals surface area contributed by atoms with Crippen molar-refractivity contribution in [3.05, 3.63) is 34.3 Å². The molecule has 2 aromatic rings. The summed E-state index contributed by atoms with van der Waals surface area (Å²) in [5, 5.41) is 8.60. The summed E-state index contributed by atoms with van der Waals surface area (Å²) < 4.78 is 4.85. The second kappa shape index (κ2) is 3.82. The normalized spacial score (nSPS) is 12.8. The first-order chi connectivity index (χ1) is 7.56. The molecule has 0 spiro atoms. The molecule has 0 aliphatic carbocycles. The molecule has 6 nitrogen and oxygen atoms in total. The van der Waals surface area contributed by atoms with E-state index in [0.717, 1.165) is 0 Å². The molecule has 0 saturated carbocycles. The number of hydrogen-bond donors (Lipinski definition) is 3. The van der Waals surface area contributed by atoms with E-state index < -0.39 is 17.8 Å². The standard InChI is InChI=1S/C10H10N2O4/c11-6(4-9(13)14)5-1-2-7-8(3-5)16-10(15)12-7/h1-3,6H,4,11H2,(H,12,15)(H,13,14). The van der Waals surface area contributed by atoms with Crippen LogP contribution in [0.2, 0.25) is 0 Å². The Balaban J connectivity index is 2.38. The fourth-order valence-corrected chi connectivity index (χ4v) is 1.50. The van der Waals surface area contributed by atoms with E-state index in [0.29, 0.717) is 16.7 Å². The maximum Gasteiger partial charge on any atom is 0.417 e. The zero-order chi connectivity index (χ0) is 11.7. The molecule has 2 rings (SSSR count). The third kappa shape index (κ3) is 1.96. The number of H-pyrrole nitrogens is 1. The van der Waals surface area contributed by atoms with Crippen molar-refractivity contribution in [2.75, 3.05) is 0 Å². The highest BCUT2D eigenvalue weighted by Gasteiger charge is 2.12. The van der Waals surface area contributed by atoms with Crippen LogP contribution in [0.15, 0.2) is 27.4 Å². The molecule has 1 aromatic heterocycles. The van der Waals surface area contributed by atoms with Crippen LogP contribution in [0.25, 0.3) is 11.1 Å². The maximum atomic E-state index is 10.9. The van der Waals surface area contributed by atoms with Crippen LogP contribution in [0, 0.1) is 0 Å². The first-order valence-electron chi connectivity index (χ1n) is 4.66. The Hall–Kier alpha value is -2.08. The summed E-state index contributed by atoms with van der Waals surface area (Å²) in [7, 11) is 0. The van der Waals surface area contributed by atoms with Gasteiger partial charge in [-0.05, 0) is 17.7 Å². The Labute approximate surface area is 89.7 Å². The average molecular weight is 222 g/mol. The Morgan fingerprint density at radius 3 is 3.00 bits per heavy atom. The molecule has 6 heteroatoms. The van der Waals surface area contributed by atoms with E-state index in [1.54, 1.807) is 18.2 Å². The zero-order valence-electron chi connectivity index (χ0n) is 8.27. The SMILES string of the molecule is NC(CC(=O)O)c1ccc2[nH]c(=O)oc2c1. The summed E-state index contributed by atoms with van der Waals surface area (Å²) in [4.78, 5) is 23.9. The minimum absolute atomic E-state index is 0.167. The lowest BCUT2D eigenvalue weighted by Gasteiger charge is -2.08. The lowest BCUT2D eigenvalue weighted by atomic mass is 10.0. The van der Waals surface area contributed by atoms with Crippen LogP contribution in [0.3, 0.4) is 0 Å². The van der Waals surface area contributed by atoms with Crippen LogP contribution in [-0.2, 0) is 4.79 Å². The average Bonchev–Trinajstić information content (AvgIpc) is 2.55. The van der Waals surface area contributed by atoms with Crippen molar-refractivity contribution < 1.29 is 14.3 Å². The summed E-state index contributed by atoms with van der Waals surface area (Å²) in [6, 6.07) is 4.27. The van der Waals surface area contributed by atoms with Gasteiger partial charge in [-0.3, -0.25) is 9.78 Å². The molecule has 0 aliphatic rings. The smallest absolute Gasteiger partial charge is 0.417 e. The van der Waals surface area contributed by atoms with Gasteiger partial charge >= 0.3 is 11.7 Å². The first kappa shape index (κ1) is 10.4. The largest absolute Gasteiger partial charge is 0.481 e. The van der Waals surface area contributed by atoms with Gasteiger partial charge in [0, 0.05) is 6.04 Å². The number of benzene rings is 1. The number of rotatable bonds is 3. The van der Waals surface area contributed by atoms with Crippen molar-refractivity contribution in [2.45, 2.75) is 12.5 Å². The van der Waals surface area contributed by atoms with Gasteiger partial charge in [0.05, 0.1) is 11.9 Å². The molecule has 0 saturated heterocycles. The van der Waals surface area contributed by atoms with Crippen LogP contribution in [0.1, 0.15) is 18.0 Å². The van der Waals surface area contributed by atoms with Gasteiger partial charge in [-0.2, -0.15) is 0 Å². The van der Waals surface area contributed by atoms with Crippen molar-refractivity contribution in [3.8, 4) is 0 Å².